The van der Waals surface area contributed by atoms with Crippen molar-refractivity contribution in [1.29, 1.82) is 0 Å². The third kappa shape index (κ3) is 6.39. The fourth-order valence-corrected chi connectivity index (χ4v) is 2.62. The lowest BCUT2D eigenvalue weighted by Gasteiger charge is -2.09. The van der Waals surface area contributed by atoms with Crippen LogP contribution in [-0.4, -0.2) is 29.0 Å². The van der Waals surface area contributed by atoms with E-state index in [-0.39, 0.29) is 5.91 Å². The van der Waals surface area contributed by atoms with Gasteiger partial charge in [-0.2, -0.15) is 0 Å². The standard InChI is InChI=1S/C22H24N4O2/c27-22(26-14-4-3-13-25-21-10-1-2-12-24-21)19-8-5-9-20(15-19)28-17-18-7-6-11-23-16-18/h1-2,5-12,15-16H,3-4,13-14,17H2,(H,24,25)(H,26,27). The van der Waals surface area contributed by atoms with E-state index in [2.05, 4.69) is 20.6 Å². The van der Waals surface area contributed by atoms with Crippen molar-refractivity contribution in [3.63, 3.8) is 0 Å². The highest BCUT2D eigenvalue weighted by Crippen LogP contribution is 2.15. The molecule has 2 heterocycles. The molecule has 1 aromatic carbocycles. The average Bonchev–Trinajstić information content (AvgIpc) is 2.76. The van der Waals surface area contributed by atoms with E-state index in [1.165, 1.54) is 0 Å². The number of hydrogen-bond acceptors (Lipinski definition) is 5. The molecule has 1 amide bonds. The molecule has 2 N–H and O–H groups in total. The number of unbranched alkanes of at least 4 members (excludes halogenated alkanes) is 1. The van der Waals surface area contributed by atoms with Gasteiger partial charge in [0.1, 0.15) is 18.2 Å². The number of pyridine rings is 2. The monoisotopic (exact) mass is 376 g/mol. The van der Waals surface area contributed by atoms with E-state index in [4.69, 9.17) is 4.74 Å². The molecule has 0 radical (unpaired) electrons. The maximum atomic E-state index is 12.3. The van der Waals surface area contributed by atoms with Crippen molar-refractivity contribution in [1.82, 2.24) is 15.3 Å². The third-order valence-corrected chi connectivity index (χ3v) is 4.08. The van der Waals surface area contributed by atoms with Gasteiger partial charge in [-0.05, 0) is 49.2 Å². The Hall–Kier alpha value is -3.41. The van der Waals surface area contributed by atoms with Gasteiger partial charge >= 0.3 is 0 Å². The lowest BCUT2D eigenvalue weighted by Crippen LogP contribution is -2.24. The Morgan fingerprint density at radius 3 is 2.71 bits per heavy atom. The quantitative estimate of drug-likeness (QED) is 0.528. The number of aromatic nitrogens is 2. The molecule has 0 saturated carbocycles. The second-order valence-corrected chi connectivity index (χ2v) is 6.28. The number of nitrogens with zero attached hydrogens (tertiary/aromatic N) is 2. The van der Waals surface area contributed by atoms with E-state index in [0.717, 1.165) is 30.8 Å². The number of carbonyl (C=O) groups is 1. The van der Waals surface area contributed by atoms with Gasteiger partial charge in [0.05, 0.1) is 0 Å². The van der Waals surface area contributed by atoms with E-state index in [0.29, 0.717) is 24.5 Å². The summed E-state index contributed by atoms with van der Waals surface area (Å²) in [7, 11) is 0. The summed E-state index contributed by atoms with van der Waals surface area (Å²) in [4.78, 5) is 20.6. The summed E-state index contributed by atoms with van der Waals surface area (Å²) in [5.74, 6) is 1.44. The Balaban J connectivity index is 1.37. The molecule has 6 nitrogen and oxygen atoms in total. The van der Waals surface area contributed by atoms with Crippen molar-refractivity contribution < 1.29 is 9.53 Å². The summed E-state index contributed by atoms with van der Waals surface area (Å²) in [5.41, 5.74) is 1.58. The normalized spacial score (nSPS) is 10.3. The van der Waals surface area contributed by atoms with Crippen LogP contribution in [0.3, 0.4) is 0 Å². The summed E-state index contributed by atoms with van der Waals surface area (Å²) in [6.45, 7) is 1.87. The van der Waals surface area contributed by atoms with Crippen molar-refractivity contribution in [2.75, 3.05) is 18.4 Å². The molecule has 0 atom stereocenters. The predicted molar refractivity (Wildman–Crippen MR) is 109 cm³/mol. The maximum Gasteiger partial charge on any atom is 0.251 e. The van der Waals surface area contributed by atoms with Crippen molar-refractivity contribution in [2.45, 2.75) is 19.4 Å². The van der Waals surface area contributed by atoms with Gasteiger partial charge in [0.2, 0.25) is 0 Å². The van der Waals surface area contributed by atoms with Crippen LogP contribution in [0.15, 0.2) is 73.2 Å². The minimum atomic E-state index is -0.0930. The van der Waals surface area contributed by atoms with Gasteiger partial charge in [0.15, 0.2) is 0 Å². The molecular formula is C22H24N4O2. The van der Waals surface area contributed by atoms with Crippen molar-refractivity contribution in [3.05, 3.63) is 84.3 Å². The van der Waals surface area contributed by atoms with Crippen molar-refractivity contribution in [2.24, 2.45) is 0 Å². The molecule has 0 aliphatic heterocycles. The molecule has 28 heavy (non-hydrogen) atoms. The molecule has 3 rings (SSSR count). The molecule has 6 heteroatoms. The summed E-state index contributed by atoms with van der Waals surface area (Å²) >= 11 is 0. The highest BCUT2D eigenvalue weighted by atomic mass is 16.5. The number of hydrogen-bond donors (Lipinski definition) is 2. The number of benzene rings is 1. The number of rotatable bonds is 10. The Bertz CT molecular complexity index is 857. The third-order valence-electron chi connectivity index (χ3n) is 4.08. The molecule has 0 aliphatic carbocycles. The second-order valence-electron chi connectivity index (χ2n) is 6.28. The lowest BCUT2D eigenvalue weighted by molar-refractivity contribution is 0.0952. The van der Waals surface area contributed by atoms with Gasteiger partial charge in [-0.15, -0.1) is 0 Å². The minimum Gasteiger partial charge on any atom is -0.489 e. The summed E-state index contributed by atoms with van der Waals surface area (Å²) in [6.07, 6.45) is 7.09. The fraction of sp³-hybridized carbons (Fsp3) is 0.227. The van der Waals surface area contributed by atoms with E-state index in [9.17, 15) is 4.79 Å². The molecule has 3 aromatic rings. The number of ether oxygens (including phenoxy) is 1. The Labute approximate surface area is 165 Å². The number of anilines is 1. The SMILES string of the molecule is O=C(NCCCCNc1ccccn1)c1cccc(OCc2cccnc2)c1. The highest BCUT2D eigenvalue weighted by Gasteiger charge is 2.06. The van der Waals surface area contributed by atoms with Crippen molar-refractivity contribution >= 4 is 11.7 Å². The Morgan fingerprint density at radius 1 is 0.964 bits per heavy atom. The van der Waals surface area contributed by atoms with Crippen LogP contribution in [0.25, 0.3) is 0 Å². The first-order valence-electron chi connectivity index (χ1n) is 9.36. The molecule has 0 unspecified atom stereocenters. The molecule has 0 bridgehead atoms. The number of carbonyl (C=O) groups excluding carboxylic acids is 1. The maximum absolute atomic E-state index is 12.3. The lowest BCUT2D eigenvalue weighted by atomic mass is 10.2. The van der Waals surface area contributed by atoms with Crippen LogP contribution in [0.5, 0.6) is 5.75 Å². The van der Waals surface area contributed by atoms with Crippen LogP contribution >= 0.6 is 0 Å². The minimum absolute atomic E-state index is 0.0930. The predicted octanol–water partition coefficient (Wildman–Crippen LogP) is 3.68. The first-order chi connectivity index (χ1) is 13.8. The zero-order valence-corrected chi connectivity index (χ0v) is 15.7. The Kier molecular flexibility index (Phi) is 7.37. The molecule has 0 fully saturated rings. The number of nitrogens with one attached hydrogen (secondary N) is 2. The van der Waals surface area contributed by atoms with Crippen LogP contribution in [0.2, 0.25) is 0 Å². The molecule has 0 saturated heterocycles. The zero-order chi connectivity index (χ0) is 19.4. The van der Waals surface area contributed by atoms with Crippen LogP contribution < -0.4 is 15.4 Å². The summed E-state index contributed by atoms with van der Waals surface area (Å²) in [5, 5.41) is 6.21. The van der Waals surface area contributed by atoms with E-state index < -0.39 is 0 Å². The first-order valence-corrected chi connectivity index (χ1v) is 9.36. The summed E-state index contributed by atoms with van der Waals surface area (Å²) < 4.78 is 5.75. The van der Waals surface area contributed by atoms with Gasteiger partial charge < -0.3 is 15.4 Å². The first kappa shape index (κ1) is 19.4. The van der Waals surface area contributed by atoms with Gasteiger partial charge in [-0.1, -0.05) is 18.2 Å². The van der Waals surface area contributed by atoms with Crippen LogP contribution in [0.1, 0.15) is 28.8 Å². The van der Waals surface area contributed by atoms with Crippen molar-refractivity contribution in [3.8, 4) is 5.75 Å². The van der Waals surface area contributed by atoms with Crippen LogP contribution in [-0.2, 0) is 6.61 Å². The zero-order valence-electron chi connectivity index (χ0n) is 15.7. The number of amides is 1. The molecule has 2 aromatic heterocycles. The topological polar surface area (TPSA) is 76.1 Å². The van der Waals surface area contributed by atoms with Crippen LogP contribution in [0.4, 0.5) is 5.82 Å². The Morgan fingerprint density at radius 2 is 1.89 bits per heavy atom. The molecule has 0 aliphatic rings. The molecule has 144 valence electrons. The van der Waals surface area contributed by atoms with Gasteiger partial charge in [0.25, 0.3) is 5.91 Å². The van der Waals surface area contributed by atoms with Gasteiger partial charge in [0, 0.05) is 42.8 Å². The molecular weight excluding hydrogens is 352 g/mol. The van der Waals surface area contributed by atoms with Gasteiger partial charge in [-0.3, -0.25) is 9.78 Å². The molecule has 0 spiro atoms. The highest BCUT2D eigenvalue weighted by molar-refractivity contribution is 5.94. The van der Waals surface area contributed by atoms with E-state index in [1.54, 1.807) is 30.7 Å². The van der Waals surface area contributed by atoms with E-state index >= 15 is 0 Å². The van der Waals surface area contributed by atoms with Gasteiger partial charge in [-0.25, -0.2) is 4.98 Å². The second kappa shape index (κ2) is 10.7. The largest absolute Gasteiger partial charge is 0.489 e. The van der Waals surface area contributed by atoms with Crippen LogP contribution in [0, 0.1) is 0 Å². The summed E-state index contributed by atoms with van der Waals surface area (Å²) in [6, 6.07) is 16.8. The average molecular weight is 376 g/mol. The fourth-order valence-electron chi connectivity index (χ4n) is 2.62. The smallest absolute Gasteiger partial charge is 0.251 e. The van der Waals surface area contributed by atoms with E-state index in [1.807, 2.05) is 42.5 Å².